The number of rotatable bonds is 4. The Morgan fingerprint density at radius 1 is 1.25 bits per heavy atom. The third-order valence-electron chi connectivity index (χ3n) is 3.17. The Morgan fingerprint density at radius 3 is 2.70 bits per heavy atom. The SMILES string of the molecule is COc1ccc(C)cc1CC(O)c1cc(F)ccc1Br. The van der Waals surface area contributed by atoms with Crippen molar-refractivity contribution in [3.63, 3.8) is 0 Å². The van der Waals surface area contributed by atoms with Crippen molar-refractivity contribution in [1.82, 2.24) is 0 Å². The highest BCUT2D eigenvalue weighted by Gasteiger charge is 2.15. The monoisotopic (exact) mass is 338 g/mol. The Labute approximate surface area is 126 Å². The van der Waals surface area contributed by atoms with E-state index in [4.69, 9.17) is 4.74 Å². The van der Waals surface area contributed by atoms with Crippen LogP contribution in [0.25, 0.3) is 0 Å². The average Bonchev–Trinajstić information content (AvgIpc) is 2.41. The summed E-state index contributed by atoms with van der Waals surface area (Å²) < 4.78 is 19.3. The minimum Gasteiger partial charge on any atom is -0.496 e. The van der Waals surface area contributed by atoms with E-state index in [2.05, 4.69) is 15.9 Å². The van der Waals surface area contributed by atoms with Crippen LogP contribution in [0.15, 0.2) is 40.9 Å². The van der Waals surface area contributed by atoms with Crippen LogP contribution in [-0.2, 0) is 6.42 Å². The summed E-state index contributed by atoms with van der Waals surface area (Å²) in [5.41, 5.74) is 2.52. The van der Waals surface area contributed by atoms with Gasteiger partial charge in [0.1, 0.15) is 11.6 Å². The normalized spacial score (nSPS) is 12.2. The topological polar surface area (TPSA) is 29.5 Å². The van der Waals surface area contributed by atoms with Crippen molar-refractivity contribution >= 4 is 15.9 Å². The first-order chi connectivity index (χ1) is 9.51. The highest BCUT2D eigenvalue weighted by molar-refractivity contribution is 9.10. The lowest BCUT2D eigenvalue weighted by Crippen LogP contribution is -2.05. The van der Waals surface area contributed by atoms with Crippen LogP contribution in [0.2, 0.25) is 0 Å². The van der Waals surface area contributed by atoms with Gasteiger partial charge >= 0.3 is 0 Å². The van der Waals surface area contributed by atoms with Crippen molar-refractivity contribution in [2.45, 2.75) is 19.4 Å². The number of benzene rings is 2. The van der Waals surface area contributed by atoms with E-state index in [1.54, 1.807) is 13.2 Å². The highest BCUT2D eigenvalue weighted by atomic mass is 79.9. The van der Waals surface area contributed by atoms with Gasteiger partial charge in [-0.2, -0.15) is 0 Å². The number of aliphatic hydroxyl groups excluding tert-OH is 1. The molecule has 0 amide bonds. The fraction of sp³-hybridized carbons (Fsp3) is 0.250. The van der Waals surface area contributed by atoms with Crippen molar-refractivity contribution in [3.05, 3.63) is 63.4 Å². The molecule has 0 aliphatic heterocycles. The minimum atomic E-state index is -0.796. The third kappa shape index (κ3) is 3.38. The van der Waals surface area contributed by atoms with Gasteiger partial charge in [0.2, 0.25) is 0 Å². The second kappa shape index (κ2) is 6.37. The molecule has 1 atom stereocenters. The first kappa shape index (κ1) is 15.0. The van der Waals surface area contributed by atoms with E-state index in [0.29, 0.717) is 16.5 Å². The molecule has 2 rings (SSSR count). The quantitative estimate of drug-likeness (QED) is 0.905. The largest absolute Gasteiger partial charge is 0.496 e. The predicted molar refractivity (Wildman–Crippen MR) is 80.5 cm³/mol. The fourth-order valence-electron chi connectivity index (χ4n) is 2.16. The van der Waals surface area contributed by atoms with Gasteiger partial charge in [-0.15, -0.1) is 0 Å². The molecule has 0 saturated carbocycles. The maximum Gasteiger partial charge on any atom is 0.123 e. The van der Waals surface area contributed by atoms with Gasteiger partial charge < -0.3 is 9.84 Å². The van der Waals surface area contributed by atoms with Crippen molar-refractivity contribution < 1.29 is 14.2 Å². The lowest BCUT2D eigenvalue weighted by atomic mass is 9.99. The number of methoxy groups -OCH3 is 1. The van der Waals surface area contributed by atoms with E-state index >= 15 is 0 Å². The smallest absolute Gasteiger partial charge is 0.123 e. The molecule has 20 heavy (non-hydrogen) atoms. The summed E-state index contributed by atoms with van der Waals surface area (Å²) in [5.74, 6) is 0.362. The maximum atomic E-state index is 13.3. The molecule has 0 heterocycles. The molecule has 0 saturated heterocycles. The number of hydrogen-bond donors (Lipinski definition) is 1. The van der Waals surface area contributed by atoms with Crippen LogP contribution in [0.3, 0.4) is 0 Å². The fourth-order valence-corrected chi connectivity index (χ4v) is 2.67. The minimum absolute atomic E-state index is 0.363. The second-order valence-corrected chi connectivity index (χ2v) is 5.56. The van der Waals surface area contributed by atoms with Crippen molar-refractivity contribution in [2.75, 3.05) is 7.11 Å². The van der Waals surface area contributed by atoms with E-state index in [1.807, 2.05) is 25.1 Å². The molecular weight excluding hydrogens is 323 g/mol. The third-order valence-corrected chi connectivity index (χ3v) is 3.89. The van der Waals surface area contributed by atoms with Gasteiger partial charge in [-0.05, 0) is 42.3 Å². The van der Waals surface area contributed by atoms with E-state index < -0.39 is 6.10 Å². The summed E-state index contributed by atoms with van der Waals surface area (Å²) >= 11 is 3.34. The maximum absolute atomic E-state index is 13.3. The molecule has 0 aliphatic rings. The van der Waals surface area contributed by atoms with Crippen LogP contribution in [-0.4, -0.2) is 12.2 Å². The van der Waals surface area contributed by atoms with E-state index in [-0.39, 0.29) is 5.82 Å². The van der Waals surface area contributed by atoms with E-state index in [0.717, 1.165) is 16.9 Å². The summed E-state index contributed by atoms with van der Waals surface area (Å²) in [6.07, 6.45) is -0.428. The zero-order valence-corrected chi connectivity index (χ0v) is 12.9. The molecule has 1 N–H and O–H groups in total. The summed E-state index contributed by atoms with van der Waals surface area (Å²) in [4.78, 5) is 0. The molecule has 0 bridgehead atoms. The van der Waals surface area contributed by atoms with Gasteiger partial charge in [-0.25, -0.2) is 4.39 Å². The molecule has 2 nitrogen and oxygen atoms in total. The Hall–Kier alpha value is -1.39. The van der Waals surface area contributed by atoms with Crippen molar-refractivity contribution in [2.24, 2.45) is 0 Å². The van der Waals surface area contributed by atoms with Crippen LogP contribution in [0, 0.1) is 12.7 Å². The van der Waals surface area contributed by atoms with E-state index in [1.165, 1.54) is 12.1 Å². The van der Waals surface area contributed by atoms with Gasteiger partial charge in [0.15, 0.2) is 0 Å². The molecule has 2 aromatic carbocycles. The lowest BCUT2D eigenvalue weighted by Gasteiger charge is -2.16. The van der Waals surface area contributed by atoms with Gasteiger partial charge in [-0.3, -0.25) is 0 Å². The molecule has 0 aliphatic carbocycles. The standard InChI is InChI=1S/C16H16BrFO2/c1-10-3-6-16(20-2)11(7-10)8-15(19)13-9-12(18)4-5-14(13)17/h3-7,9,15,19H,8H2,1-2H3. The lowest BCUT2D eigenvalue weighted by molar-refractivity contribution is 0.176. The Morgan fingerprint density at radius 2 is 2.00 bits per heavy atom. The molecular formula is C16H16BrFO2. The van der Waals surface area contributed by atoms with Gasteiger partial charge in [0, 0.05) is 10.9 Å². The Bertz CT molecular complexity index is 613. The molecule has 4 heteroatoms. The van der Waals surface area contributed by atoms with Gasteiger partial charge in [-0.1, -0.05) is 33.6 Å². The number of ether oxygens (including phenoxy) is 1. The number of halogens is 2. The van der Waals surface area contributed by atoms with Crippen LogP contribution < -0.4 is 4.74 Å². The highest BCUT2D eigenvalue weighted by Crippen LogP contribution is 2.30. The number of aryl methyl sites for hydroxylation is 1. The summed E-state index contributed by atoms with van der Waals surface area (Å²) in [7, 11) is 1.60. The first-order valence-corrected chi connectivity index (χ1v) is 7.07. The van der Waals surface area contributed by atoms with Crippen LogP contribution in [0.1, 0.15) is 22.8 Å². The summed E-state index contributed by atoms with van der Waals surface area (Å²) in [5, 5.41) is 10.3. The van der Waals surface area contributed by atoms with Gasteiger partial charge in [0.05, 0.1) is 13.2 Å². The van der Waals surface area contributed by atoms with Crippen LogP contribution in [0.4, 0.5) is 4.39 Å². The Balaban J connectivity index is 2.29. The first-order valence-electron chi connectivity index (χ1n) is 6.28. The molecule has 0 fully saturated rings. The zero-order valence-electron chi connectivity index (χ0n) is 11.4. The average molecular weight is 339 g/mol. The Kier molecular flexibility index (Phi) is 4.78. The van der Waals surface area contributed by atoms with Crippen molar-refractivity contribution in [1.29, 1.82) is 0 Å². The van der Waals surface area contributed by atoms with Crippen molar-refractivity contribution in [3.8, 4) is 5.75 Å². The van der Waals surface area contributed by atoms with Gasteiger partial charge in [0.25, 0.3) is 0 Å². The predicted octanol–water partition coefficient (Wildman–Crippen LogP) is 4.18. The molecule has 106 valence electrons. The second-order valence-electron chi connectivity index (χ2n) is 4.70. The number of hydrogen-bond acceptors (Lipinski definition) is 2. The summed E-state index contributed by atoms with van der Waals surface area (Å²) in [6.45, 7) is 1.98. The molecule has 2 aromatic rings. The molecule has 0 spiro atoms. The van der Waals surface area contributed by atoms with E-state index in [9.17, 15) is 9.50 Å². The molecule has 0 aromatic heterocycles. The molecule has 1 unspecified atom stereocenters. The zero-order chi connectivity index (χ0) is 14.7. The van der Waals surface area contributed by atoms with Crippen LogP contribution >= 0.6 is 15.9 Å². The summed E-state index contributed by atoms with van der Waals surface area (Å²) in [6, 6.07) is 10.1. The molecule has 0 radical (unpaired) electrons. The number of aliphatic hydroxyl groups is 1. The van der Waals surface area contributed by atoms with Crippen LogP contribution in [0.5, 0.6) is 5.75 Å².